The van der Waals surface area contributed by atoms with E-state index in [0.29, 0.717) is 13.0 Å². The minimum Gasteiger partial charge on any atom is -0.457 e. The minimum atomic E-state index is -0.651. The molecule has 0 saturated heterocycles. The van der Waals surface area contributed by atoms with Crippen molar-refractivity contribution in [2.75, 3.05) is 5.32 Å². The van der Waals surface area contributed by atoms with Crippen molar-refractivity contribution in [2.45, 2.75) is 25.7 Å². The topological polar surface area (TPSA) is 59.6 Å². The van der Waals surface area contributed by atoms with Gasteiger partial charge < -0.3 is 20.1 Å². The zero-order chi connectivity index (χ0) is 16.8. The van der Waals surface area contributed by atoms with Crippen LogP contribution in [0.4, 0.5) is 10.5 Å². The first kappa shape index (κ1) is 15.9. The van der Waals surface area contributed by atoms with Crippen molar-refractivity contribution in [1.29, 1.82) is 0 Å². The van der Waals surface area contributed by atoms with Gasteiger partial charge in [-0.25, -0.2) is 4.79 Å². The van der Waals surface area contributed by atoms with Crippen LogP contribution in [-0.2, 0) is 22.4 Å². The van der Waals surface area contributed by atoms with Gasteiger partial charge in [0.15, 0.2) is 0 Å². The second kappa shape index (κ2) is 7.08. The molecule has 2 amide bonds. The molecule has 0 unspecified atom stereocenters. The second-order valence-corrected chi connectivity index (χ2v) is 5.81. The van der Waals surface area contributed by atoms with Gasteiger partial charge in [0.25, 0.3) is 5.79 Å². The van der Waals surface area contributed by atoms with Crippen LogP contribution in [0, 0.1) is 0 Å². The predicted octanol–water partition coefficient (Wildman–Crippen LogP) is 3.79. The summed E-state index contributed by atoms with van der Waals surface area (Å²) in [6.45, 7) is 2.38. The summed E-state index contributed by atoms with van der Waals surface area (Å²) in [5.41, 5.74) is 2.86. The van der Waals surface area contributed by atoms with E-state index in [4.69, 9.17) is 9.47 Å². The lowest BCUT2D eigenvalue weighted by Gasteiger charge is -2.23. The molecule has 1 aliphatic heterocycles. The number of rotatable bonds is 5. The molecule has 3 rings (SSSR count). The van der Waals surface area contributed by atoms with E-state index in [0.717, 1.165) is 16.8 Å². The van der Waals surface area contributed by atoms with E-state index >= 15 is 0 Å². The summed E-state index contributed by atoms with van der Waals surface area (Å²) < 4.78 is 10.9. The summed E-state index contributed by atoms with van der Waals surface area (Å²) in [6.07, 6.45) is 3.72. The predicted molar refractivity (Wildman–Crippen MR) is 92.2 cm³/mol. The Morgan fingerprint density at radius 3 is 2.29 bits per heavy atom. The molecule has 24 heavy (non-hydrogen) atoms. The Morgan fingerprint density at radius 2 is 1.62 bits per heavy atom. The molecule has 1 heterocycles. The van der Waals surface area contributed by atoms with E-state index in [1.807, 2.05) is 61.5 Å². The van der Waals surface area contributed by atoms with Gasteiger partial charge in [-0.2, -0.15) is 0 Å². The Balaban J connectivity index is 1.49. The lowest BCUT2D eigenvalue weighted by molar-refractivity contribution is -0.124. The molecular weight excluding hydrogens is 304 g/mol. The number of benzene rings is 2. The summed E-state index contributed by atoms with van der Waals surface area (Å²) in [4.78, 5) is 11.9. The molecule has 2 aromatic carbocycles. The fraction of sp³-hybridized carbons (Fsp3) is 0.211. The van der Waals surface area contributed by atoms with Crippen molar-refractivity contribution in [3.05, 3.63) is 78.2 Å². The zero-order valence-electron chi connectivity index (χ0n) is 13.5. The molecular formula is C19H20N2O3. The van der Waals surface area contributed by atoms with E-state index in [1.54, 1.807) is 12.5 Å². The number of ether oxygens (including phenoxy) is 2. The van der Waals surface area contributed by atoms with Crippen LogP contribution in [0.1, 0.15) is 18.1 Å². The largest absolute Gasteiger partial charge is 0.457 e. The Bertz CT molecular complexity index is 703. The number of carbonyl (C=O) groups is 1. The van der Waals surface area contributed by atoms with Gasteiger partial charge in [0.05, 0.1) is 0 Å². The average Bonchev–Trinajstić information content (AvgIpc) is 3.02. The van der Waals surface area contributed by atoms with Crippen LogP contribution in [0.2, 0.25) is 0 Å². The van der Waals surface area contributed by atoms with E-state index < -0.39 is 5.79 Å². The van der Waals surface area contributed by atoms with Crippen molar-refractivity contribution < 1.29 is 14.3 Å². The molecule has 1 aliphatic rings. The van der Waals surface area contributed by atoms with Crippen LogP contribution in [-0.4, -0.2) is 11.8 Å². The first-order valence-electron chi connectivity index (χ1n) is 7.81. The first-order chi connectivity index (χ1) is 11.6. The molecule has 2 N–H and O–H groups in total. The molecule has 0 aliphatic carbocycles. The third-order valence-corrected chi connectivity index (χ3v) is 3.72. The van der Waals surface area contributed by atoms with Gasteiger partial charge in [0.2, 0.25) is 0 Å². The van der Waals surface area contributed by atoms with E-state index in [2.05, 4.69) is 10.6 Å². The van der Waals surface area contributed by atoms with Crippen LogP contribution in [0.15, 0.2) is 67.1 Å². The number of anilines is 1. The monoisotopic (exact) mass is 324 g/mol. The fourth-order valence-electron chi connectivity index (χ4n) is 2.48. The molecule has 124 valence electrons. The highest BCUT2D eigenvalue weighted by Crippen LogP contribution is 2.25. The third kappa shape index (κ3) is 4.29. The summed E-state index contributed by atoms with van der Waals surface area (Å²) in [6, 6.07) is 17.2. The van der Waals surface area contributed by atoms with E-state index in [9.17, 15) is 4.79 Å². The number of urea groups is 1. The maximum atomic E-state index is 11.9. The summed E-state index contributed by atoms with van der Waals surface area (Å²) in [5.74, 6) is -0.651. The standard InChI is InChI=1S/C19H20N2O3/c1-19(23-11-12-24-19)13-15-7-9-17(10-8-15)21-18(22)20-14-16-5-3-2-4-6-16/h2-12H,13-14H2,1H3,(H2,20,21,22). The molecule has 0 radical (unpaired) electrons. The summed E-state index contributed by atoms with van der Waals surface area (Å²) in [7, 11) is 0. The maximum absolute atomic E-state index is 11.9. The van der Waals surface area contributed by atoms with Gasteiger partial charge in [0.1, 0.15) is 12.5 Å². The van der Waals surface area contributed by atoms with Crippen molar-refractivity contribution >= 4 is 11.7 Å². The first-order valence-corrected chi connectivity index (χ1v) is 7.81. The van der Waals surface area contributed by atoms with Crippen LogP contribution < -0.4 is 10.6 Å². The molecule has 5 nitrogen and oxygen atoms in total. The Kier molecular flexibility index (Phi) is 4.70. The Hall–Kier alpha value is -2.95. The third-order valence-electron chi connectivity index (χ3n) is 3.72. The fourth-order valence-corrected chi connectivity index (χ4v) is 2.48. The molecule has 5 heteroatoms. The number of hydrogen-bond acceptors (Lipinski definition) is 3. The molecule has 0 saturated carbocycles. The number of hydrogen-bond donors (Lipinski definition) is 2. The minimum absolute atomic E-state index is 0.231. The molecule has 0 bridgehead atoms. The lowest BCUT2D eigenvalue weighted by Crippen LogP contribution is -2.28. The van der Waals surface area contributed by atoms with Crippen LogP contribution in [0.3, 0.4) is 0 Å². The van der Waals surface area contributed by atoms with Crippen molar-refractivity contribution in [3.63, 3.8) is 0 Å². The van der Waals surface area contributed by atoms with Crippen molar-refractivity contribution in [1.82, 2.24) is 5.32 Å². The quantitative estimate of drug-likeness (QED) is 0.880. The Labute approximate surface area is 141 Å². The van der Waals surface area contributed by atoms with E-state index in [-0.39, 0.29) is 6.03 Å². The van der Waals surface area contributed by atoms with Gasteiger partial charge in [-0.1, -0.05) is 42.5 Å². The summed E-state index contributed by atoms with van der Waals surface area (Å²) >= 11 is 0. The van der Waals surface area contributed by atoms with Crippen LogP contribution in [0.25, 0.3) is 0 Å². The maximum Gasteiger partial charge on any atom is 0.319 e. The second-order valence-electron chi connectivity index (χ2n) is 5.81. The van der Waals surface area contributed by atoms with Gasteiger partial charge in [0, 0.05) is 25.6 Å². The van der Waals surface area contributed by atoms with Crippen LogP contribution >= 0.6 is 0 Å². The molecule has 0 aromatic heterocycles. The number of carbonyl (C=O) groups excluding carboxylic acids is 1. The van der Waals surface area contributed by atoms with Crippen LogP contribution in [0.5, 0.6) is 0 Å². The number of nitrogens with one attached hydrogen (secondary N) is 2. The highest BCUT2D eigenvalue weighted by molar-refractivity contribution is 5.89. The SMILES string of the molecule is CC1(Cc2ccc(NC(=O)NCc3ccccc3)cc2)OC=CO1. The molecule has 0 atom stereocenters. The highest BCUT2D eigenvalue weighted by atomic mass is 16.7. The average molecular weight is 324 g/mol. The number of amides is 2. The molecule has 2 aromatic rings. The van der Waals surface area contributed by atoms with Gasteiger partial charge in [-0.15, -0.1) is 0 Å². The smallest absolute Gasteiger partial charge is 0.319 e. The highest BCUT2D eigenvalue weighted by Gasteiger charge is 2.29. The zero-order valence-corrected chi connectivity index (χ0v) is 13.5. The van der Waals surface area contributed by atoms with E-state index in [1.165, 1.54) is 0 Å². The van der Waals surface area contributed by atoms with Crippen molar-refractivity contribution in [2.24, 2.45) is 0 Å². The lowest BCUT2D eigenvalue weighted by atomic mass is 10.1. The van der Waals surface area contributed by atoms with Crippen molar-refractivity contribution in [3.8, 4) is 0 Å². The van der Waals surface area contributed by atoms with Gasteiger partial charge >= 0.3 is 6.03 Å². The summed E-state index contributed by atoms with van der Waals surface area (Å²) in [5, 5.41) is 5.65. The molecule has 0 spiro atoms. The van der Waals surface area contributed by atoms with Gasteiger partial charge in [-0.3, -0.25) is 0 Å². The Morgan fingerprint density at radius 1 is 0.958 bits per heavy atom. The normalized spacial score (nSPS) is 14.5. The molecule has 0 fully saturated rings. The van der Waals surface area contributed by atoms with Gasteiger partial charge in [-0.05, 0) is 23.3 Å².